The SMILES string of the molecule is C[C@@H](NC(=O)c1ccc(NC(=O)OCC2c3ccccc3-c3ccccc32)c(Br)c1)C(=O)O. The third kappa shape index (κ3) is 4.75. The van der Waals surface area contributed by atoms with Crippen molar-refractivity contribution in [2.75, 3.05) is 11.9 Å². The van der Waals surface area contributed by atoms with Crippen LogP contribution in [0.5, 0.6) is 0 Å². The van der Waals surface area contributed by atoms with Crippen LogP contribution < -0.4 is 10.6 Å². The highest BCUT2D eigenvalue weighted by Gasteiger charge is 2.29. The van der Waals surface area contributed by atoms with Crippen molar-refractivity contribution in [3.63, 3.8) is 0 Å². The zero-order valence-electron chi connectivity index (χ0n) is 17.7. The Bertz CT molecular complexity index is 1200. The van der Waals surface area contributed by atoms with Crippen LogP contribution >= 0.6 is 15.9 Å². The smallest absolute Gasteiger partial charge is 0.411 e. The molecule has 8 heteroatoms. The molecule has 1 aliphatic carbocycles. The monoisotopic (exact) mass is 508 g/mol. The molecular formula is C25H21BrN2O5. The van der Waals surface area contributed by atoms with Crippen LogP contribution in [-0.2, 0) is 9.53 Å². The molecule has 168 valence electrons. The maximum Gasteiger partial charge on any atom is 0.411 e. The van der Waals surface area contributed by atoms with Crippen molar-refractivity contribution >= 4 is 39.6 Å². The van der Waals surface area contributed by atoms with Gasteiger partial charge in [0.1, 0.15) is 12.6 Å². The summed E-state index contributed by atoms with van der Waals surface area (Å²) >= 11 is 3.33. The molecule has 0 unspecified atom stereocenters. The van der Waals surface area contributed by atoms with Gasteiger partial charge in [-0.3, -0.25) is 14.9 Å². The van der Waals surface area contributed by atoms with Crippen molar-refractivity contribution < 1.29 is 24.2 Å². The number of benzene rings is 3. The highest BCUT2D eigenvalue weighted by atomic mass is 79.9. The van der Waals surface area contributed by atoms with E-state index in [4.69, 9.17) is 9.84 Å². The molecule has 1 aliphatic rings. The molecule has 1 atom stereocenters. The minimum atomic E-state index is -1.13. The Morgan fingerprint density at radius 3 is 2.18 bits per heavy atom. The van der Waals surface area contributed by atoms with E-state index >= 15 is 0 Å². The van der Waals surface area contributed by atoms with Crippen LogP contribution in [0.15, 0.2) is 71.2 Å². The lowest BCUT2D eigenvalue weighted by Gasteiger charge is -2.15. The molecule has 0 bridgehead atoms. The average molecular weight is 509 g/mol. The topological polar surface area (TPSA) is 105 Å². The van der Waals surface area contributed by atoms with E-state index in [0.29, 0.717) is 10.2 Å². The zero-order chi connectivity index (χ0) is 23.5. The molecule has 4 rings (SSSR count). The molecule has 0 fully saturated rings. The number of anilines is 1. The summed E-state index contributed by atoms with van der Waals surface area (Å²) in [6.45, 7) is 1.56. The highest BCUT2D eigenvalue weighted by Crippen LogP contribution is 2.44. The van der Waals surface area contributed by atoms with Gasteiger partial charge in [0.15, 0.2) is 0 Å². The minimum absolute atomic E-state index is 0.0473. The maximum absolute atomic E-state index is 12.5. The summed E-state index contributed by atoms with van der Waals surface area (Å²) in [5.74, 6) is -1.71. The van der Waals surface area contributed by atoms with Crippen LogP contribution in [0, 0.1) is 0 Å². The van der Waals surface area contributed by atoms with Gasteiger partial charge in [-0.05, 0) is 63.3 Å². The molecule has 0 saturated heterocycles. The van der Waals surface area contributed by atoms with Crippen LogP contribution in [0.3, 0.4) is 0 Å². The van der Waals surface area contributed by atoms with Crippen molar-refractivity contribution in [1.82, 2.24) is 5.32 Å². The number of rotatable bonds is 6. The largest absolute Gasteiger partial charge is 0.480 e. The predicted molar refractivity (Wildman–Crippen MR) is 127 cm³/mol. The van der Waals surface area contributed by atoms with E-state index in [9.17, 15) is 14.4 Å². The van der Waals surface area contributed by atoms with Crippen molar-refractivity contribution in [1.29, 1.82) is 0 Å². The number of carbonyl (C=O) groups is 3. The molecule has 0 saturated carbocycles. The van der Waals surface area contributed by atoms with Crippen LogP contribution in [0.1, 0.15) is 34.3 Å². The molecule has 3 aromatic rings. The van der Waals surface area contributed by atoms with E-state index < -0.39 is 24.0 Å². The van der Waals surface area contributed by atoms with E-state index in [2.05, 4.69) is 38.7 Å². The first kappa shape index (κ1) is 22.5. The molecule has 0 aromatic heterocycles. The van der Waals surface area contributed by atoms with Crippen LogP contribution in [0.4, 0.5) is 10.5 Å². The van der Waals surface area contributed by atoms with Crippen molar-refractivity contribution in [3.8, 4) is 11.1 Å². The number of hydrogen-bond donors (Lipinski definition) is 3. The lowest BCUT2D eigenvalue weighted by Crippen LogP contribution is -2.38. The molecule has 0 spiro atoms. The number of hydrogen-bond acceptors (Lipinski definition) is 4. The summed E-state index contributed by atoms with van der Waals surface area (Å²) in [4.78, 5) is 35.6. The Hall–Kier alpha value is -3.65. The number of fused-ring (bicyclic) bond motifs is 3. The number of carbonyl (C=O) groups excluding carboxylic acids is 2. The van der Waals surface area contributed by atoms with E-state index in [1.165, 1.54) is 19.1 Å². The quantitative estimate of drug-likeness (QED) is 0.433. The first-order valence-corrected chi connectivity index (χ1v) is 11.1. The summed E-state index contributed by atoms with van der Waals surface area (Å²) in [6.07, 6.45) is -0.616. The number of amides is 2. The van der Waals surface area contributed by atoms with Crippen LogP contribution in [-0.4, -0.2) is 35.7 Å². The van der Waals surface area contributed by atoms with Gasteiger partial charge in [0.2, 0.25) is 0 Å². The molecule has 33 heavy (non-hydrogen) atoms. The van der Waals surface area contributed by atoms with Gasteiger partial charge in [0.25, 0.3) is 5.91 Å². The zero-order valence-corrected chi connectivity index (χ0v) is 19.3. The van der Waals surface area contributed by atoms with Crippen LogP contribution in [0.2, 0.25) is 0 Å². The molecule has 3 aromatic carbocycles. The Morgan fingerprint density at radius 1 is 1.00 bits per heavy atom. The third-order valence-electron chi connectivity index (χ3n) is 5.53. The first-order chi connectivity index (χ1) is 15.8. The fraction of sp³-hybridized carbons (Fsp3) is 0.160. The molecule has 0 radical (unpaired) electrons. The standard InChI is InChI=1S/C25H21BrN2O5/c1-14(24(30)31)27-23(29)15-10-11-22(21(26)12-15)28-25(32)33-13-20-18-8-4-2-6-16(18)17-7-3-5-9-19(17)20/h2-12,14,20H,13H2,1H3,(H,27,29)(H,28,32)(H,30,31)/t14-/m1/s1. The van der Waals surface area contributed by atoms with Gasteiger partial charge in [-0.15, -0.1) is 0 Å². The van der Waals surface area contributed by atoms with E-state index in [-0.39, 0.29) is 18.1 Å². The second kappa shape index (κ2) is 9.46. The van der Waals surface area contributed by atoms with Gasteiger partial charge in [-0.2, -0.15) is 0 Å². The van der Waals surface area contributed by atoms with E-state index in [1.807, 2.05) is 36.4 Å². The molecular weight excluding hydrogens is 488 g/mol. The number of aliphatic carboxylic acids is 1. The fourth-order valence-electron chi connectivity index (χ4n) is 3.84. The van der Waals surface area contributed by atoms with Gasteiger partial charge in [-0.25, -0.2) is 4.79 Å². The van der Waals surface area contributed by atoms with Crippen molar-refractivity contribution in [2.24, 2.45) is 0 Å². The number of ether oxygens (including phenoxy) is 1. The molecule has 0 aliphatic heterocycles. The molecule has 7 nitrogen and oxygen atoms in total. The molecule has 0 heterocycles. The predicted octanol–water partition coefficient (Wildman–Crippen LogP) is 5.01. The Morgan fingerprint density at radius 2 is 1.61 bits per heavy atom. The normalized spacial score (nSPS) is 12.9. The second-order valence-corrected chi connectivity index (χ2v) is 8.53. The number of nitrogens with one attached hydrogen (secondary N) is 2. The highest BCUT2D eigenvalue weighted by molar-refractivity contribution is 9.10. The Balaban J connectivity index is 1.41. The second-order valence-electron chi connectivity index (χ2n) is 7.68. The summed E-state index contributed by atoms with van der Waals surface area (Å²) in [5.41, 5.74) is 5.23. The summed E-state index contributed by atoms with van der Waals surface area (Å²) < 4.78 is 6.00. The van der Waals surface area contributed by atoms with Gasteiger partial charge in [0.05, 0.1) is 5.69 Å². The molecule has 2 amide bonds. The number of carboxylic acid groups (broad SMARTS) is 1. The van der Waals surface area contributed by atoms with Gasteiger partial charge >= 0.3 is 12.1 Å². The molecule has 3 N–H and O–H groups in total. The number of halogens is 1. The van der Waals surface area contributed by atoms with E-state index in [0.717, 1.165) is 22.3 Å². The minimum Gasteiger partial charge on any atom is -0.480 e. The Labute approximate surface area is 198 Å². The van der Waals surface area contributed by atoms with Gasteiger partial charge in [0, 0.05) is 16.0 Å². The lowest BCUT2D eigenvalue weighted by molar-refractivity contribution is -0.138. The number of carboxylic acids is 1. The average Bonchev–Trinajstić information content (AvgIpc) is 3.12. The Kier molecular flexibility index (Phi) is 6.46. The maximum atomic E-state index is 12.5. The summed E-state index contributed by atoms with van der Waals surface area (Å²) in [7, 11) is 0. The van der Waals surface area contributed by atoms with Crippen molar-refractivity contribution in [2.45, 2.75) is 18.9 Å². The third-order valence-corrected chi connectivity index (χ3v) is 6.19. The summed E-state index contributed by atoms with van der Waals surface area (Å²) in [6, 6.07) is 19.7. The van der Waals surface area contributed by atoms with E-state index in [1.54, 1.807) is 6.07 Å². The summed E-state index contributed by atoms with van der Waals surface area (Å²) in [5, 5.41) is 14.0. The van der Waals surface area contributed by atoms with Gasteiger partial charge < -0.3 is 15.2 Å². The van der Waals surface area contributed by atoms with Crippen LogP contribution in [0.25, 0.3) is 11.1 Å². The first-order valence-electron chi connectivity index (χ1n) is 10.3. The fourth-order valence-corrected chi connectivity index (χ4v) is 4.32. The van der Waals surface area contributed by atoms with Gasteiger partial charge in [-0.1, -0.05) is 48.5 Å². The van der Waals surface area contributed by atoms with Crippen molar-refractivity contribution in [3.05, 3.63) is 87.9 Å². The lowest BCUT2D eigenvalue weighted by atomic mass is 9.98.